The molecule has 9 heteroatoms. The quantitative estimate of drug-likeness (QED) is 0.321. The van der Waals surface area contributed by atoms with Crippen LogP contribution in [0.2, 0.25) is 0 Å². The van der Waals surface area contributed by atoms with E-state index in [9.17, 15) is 13.5 Å². The smallest absolute Gasteiger partial charge is 0.253 e. The fraction of sp³-hybridized carbons (Fsp3) is 0.167. The lowest BCUT2D eigenvalue weighted by Crippen LogP contribution is -2.39. The largest absolute Gasteiger partial charge is 0.491 e. The van der Waals surface area contributed by atoms with Gasteiger partial charge in [0, 0.05) is 23.4 Å². The third kappa shape index (κ3) is 4.53. The molecule has 1 N–H and O–H groups in total. The number of rotatable bonds is 9. The number of hydrogen-bond donors (Lipinski definition) is 1. The van der Waals surface area contributed by atoms with Crippen LogP contribution in [0.4, 0.5) is 0 Å². The van der Waals surface area contributed by atoms with Crippen LogP contribution in [-0.4, -0.2) is 37.1 Å². The Hall–Kier alpha value is -3.11. The Morgan fingerprint density at radius 2 is 1.85 bits per heavy atom. The molecule has 7 nitrogen and oxygen atoms in total. The predicted octanol–water partition coefficient (Wildman–Crippen LogP) is 4.87. The van der Waals surface area contributed by atoms with Gasteiger partial charge in [-0.25, -0.2) is 8.42 Å². The zero-order valence-electron chi connectivity index (χ0n) is 17.5. The fourth-order valence-electron chi connectivity index (χ4n) is 3.64. The summed E-state index contributed by atoms with van der Waals surface area (Å²) in [6.07, 6.45) is 0.431. The minimum absolute atomic E-state index is 0.00916. The molecular formula is C24H21NO6S2. The Morgan fingerprint density at radius 3 is 2.64 bits per heavy atom. The number of aliphatic hydroxyl groups excluding tert-OH is 1. The second-order valence-corrected chi connectivity index (χ2v) is 10.6. The van der Waals surface area contributed by atoms with Crippen LogP contribution in [-0.2, 0) is 16.6 Å². The first-order valence-corrected chi connectivity index (χ1v) is 12.6. The van der Waals surface area contributed by atoms with Crippen molar-refractivity contribution < 1.29 is 27.1 Å². The first kappa shape index (κ1) is 21.7. The van der Waals surface area contributed by atoms with Gasteiger partial charge < -0.3 is 18.7 Å². The second-order valence-electron chi connectivity index (χ2n) is 7.53. The normalized spacial score (nSPS) is 13.2. The molecule has 3 heterocycles. The molecule has 5 rings (SSSR count). The molecule has 0 amide bonds. The number of aliphatic hydroxyl groups is 1. The summed E-state index contributed by atoms with van der Waals surface area (Å²) in [5, 5.41) is 14.3. The molecule has 0 radical (unpaired) electrons. The molecule has 0 aliphatic rings. The van der Waals surface area contributed by atoms with Crippen LogP contribution in [0.15, 0.2) is 91.4 Å². The van der Waals surface area contributed by atoms with E-state index in [1.807, 2.05) is 30.3 Å². The summed E-state index contributed by atoms with van der Waals surface area (Å²) in [6.45, 7) is -0.219. The summed E-state index contributed by atoms with van der Waals surface area (Å²) in [7, 11) is -3.79. The number of sulfonamides is 1. The van der Waals surface area contributed by atoms with Gasteiger partial charge in [-0.15, -0.1) is 11.3 Å². The average molecular weight is 484 g/mol. The van der Waals surface area contributed by atoms with E-state index in [1.165, 1.54) is 10.6 Å². The van der Waals surface area contributed by atoms with Crippen LogP contribution < -0.4 is 4.74 Å². The minimum Gasteiger partial charge on any atom is -0.491 e. The third-order valence-corrected chi connectivity index (χ3v) is 8.39. The number of ether oxygens (including phenoxy) is 1. The van der Waals surface area contributed by atoms with Crippen LogP contribution >= 0.6 is 11.3 Å². The summed E-state index contributed by atoms with van der Waals surface area (Å²) in [5.74, 6) is 1.01. The standard InChI is InChI=1S/C24H21NO6S2/c26-17(14-25(15-19-5-3-11-29-19)33(27,28)24-8-4-12-32-24)16-30-18-9-10-21-20-6-1-2-7-22(20)31-23(21)13-18/h1-13,17,26H,14-16H2/t17-/m1/s1. The highest BCUT2D eigenvalue weighted by atomic mass is 32.2. The van der Waals surface area contributed by atoms with Gasteiger partial charge in [0.15, 0.2) is 0 Å². The maximum Gasteiger partial charge on any atom is 0.253 e. The SMILES string of the molecule is O=S(=O)(c1cccs1)N(Cc1ccco1)C[C@@H](O)COc1ccc2c(c1)oc1ccccc12. The molecular weight excluding hydrogens is 462 g/mol. The van der Waals surface area contributed by atoms with Crippen molar-refractivity contribution in [1.82, 2.24) is 4.31 Å². The first-order valence-electron chi connectivity index (χ1n) is 10.3. The summed E-state index contributed by atoms with van der Waals surface area (Å²) in [4.78, 5) is 0. The highest BCUT2D eigenvalue weighted by Crippen LogP contribution is 2.31. The zero-order valence-corrected chi connectivity index (χ0v) is 19.1. The van der Waals surface area contributed by atoms with E-state index in [0.29, 0.717) is 17.1 Å². The molecule has 0 bridgehead atoms. The van der Waals surface area contributed by atoms with Crippen molar-refractivity contribution in [3.8, 4) is 5.75 Å². The van der Waals surface area contributed by atoms with Gasteiger partial charge in [-0.05, 0) is 41.8 Å². The second kappa shape index (κ2) is 9.03. The summed E-state index contributed by atoms with van der Waals surface area (Å²) < 4.78 is 44.5. The van der Waals surface area contributed by atoms with Gasteiger partial charge in [0.05, 0.1) is 12.8 Å². The predicted molar refractivity (Wildman–Crippen MR) is 126 cm³/mol. The number of para-hydroxylation sites is 1. The van der Waals surface area contributed by atoms with Crippen LogP contribution in [0, 0.1) is 0 Å². The Morgan fingerprint density at radius 1 is 1.00 bits per heavy atom. The maximum atomic E-state index is 13.1. The monoisotopic (exact) mass is 483 g/mol. The highest BCUT2D eigenvalue weighted by Gasteiger charge is 2.28. The van der Waals surface area contributed by atoms with Gasteiger partial charge in [-0.3, -0.25) is 0 Å². The van der Waals surface area contributed by atoms with E-state index in [4.69, 9.17) is 13.6 Å². The van der Waals surface area contributed by atoms with Gasteiger partial charge in [0.25, 0.3) is 10.0 Å². The number of nitrogens with zero attached hydrogens (tertiary/aromatic N) is 1. The van der Waals surface area contributed by atoms with Crippen molar-refractivity contribution in [2.75, 3.05) is 13.2 Å². The minimum atomic E-state index is -3.79. The van der Waals surface area contributed by atoms with Gasteiger partial charge >= 0.3 is 0 Å². The molecule has 0 aliphatic heterocycles. The molecule has 0 saturated heterocycles. The lowest BCUT2D eigenvalue weighted by Gasteiger charge is -2.23. The molecule has 0 aliphatic carbocycles. The summed E-state index contributed by atoms with van der Waals surface area (Å²) in [5.41, 5.74) is 1.47. The molecule has 0 unspecified atom stereocenters. The van der Waals surface area contributed by atoms with E-state index in [1.54, 1.807) is 41.8 Å². The van der Waals surface area contributed by atoms with Gasteiger partial charge in [-0.1, -0.05) is 24.3 Å². The Kier molecular flexibility index (Phi) is 5.94. The van der Waals surface area contributed by atoms with Crippen LogP contribution in [0.5, 0.6) is 5.75 Å². The summed E-state index contributed by atoms with van der Waals surface area (Å²) in [6, 6.07) is 19.9. The Labute approximate surface area is 194 Å². The Balaban J connectivity index is 1.30. The third-order valence-electron chi connectivity index (χ3n) is 5.21. The average Bonchev–Trinajstić information content (AvgIpc) is 3.58. The molecule has 5 aromatic rings. The van der Waals surface area contributed by atoms with Crippen molar-refractivity contribution in [3.63, 3.8) is 0 Å². The molecule has 0 fully saturated rings. The van der Waals surface area contributed by atoms with Gasteiger partial charge in [0.2, 0.25) is 0 Å². The maximum absolute atomic E-state index is 13.1. The van der Waals surface area contributed by atoms with Crippen molar-refractivity contribution >= 4 is 43.3 Å². The molecule has 3 aromatic heterocycles. The van der Waals surface area contributed by atoms with Crippen molar-refractivity contribution in [2.45, 2.75) is 16.9 Å². The van der Waals surface area contributed by atoms with Crippen molar-refractivity contribution in [3.05, 3.63) is 84.1 Å². The van der Waals surface area contributed by atoms with E-state index in [0.717, 1.165) is 27.7 Å². The lowest BCUT2D eigenvalue weighted by molar-refractivity contribution is 0.0869. The van der Waals surface area contributed by atoms with Crippen LogP contribution in [0.3, 0.4) is 0 Å². The number of furan rings is 2. The lowest BCUT2D eigenvalue weighted by atomic mass is 10.1. The van der Waals surface area contributed by atoms with E-state index in [2.05, 4.69) is 0 Å². The molecule has 33 heavy (non-hydrogen) atoms. The number of thiophene rings is 1. The molecule has 1 atom stereocenters. The van der Waals surface area contributed by atoms with Crippen LogP contribution in [0.25, 0.3) is 21.9 Å². The van der Waals surface area contributed by atoms with Crippen molar-refractivity contribution in [1.29, 1.82) is 0 Å². The highest BCUT2D eigenvalue weighted by molar-refractivity contribution is 7.91. The molecule has 0 saturated carbocycles. The van der Waals surface area contributed by atoms with E-state index >= 15 is 0 Å². The van der Waals surface area contributed by atoms with E-state index in [-0.39, 0.29) is 23.9 Å². The number of benzene rings is 2. The molecule has 170 valence electrons. The zero-order chi connectivity index (χ0) is 22.8. The number of fused-ring (bicyclic) bond motifs is 3. The molecule has 0 spiro atoms. The first-order chi connectivity index (χ1) is 16.0. The fourth-order valence-corrected chi connectivity index (χ4v) is 6.23. The Bertz CT molecular complexity index is 1460. The summed E-state index contributed by atoms with van der Waals surface area (Å²) >= 11 is 1.13. The van der Waals surface area contributed by atoms with Gasteiger partial charge in [0.1, 0.15) is 39.6 Å². The molecule has 2 aromatic carbocycles. The van der Waals surface area contributed by atoms with Crippen LogP contribution in [0.1, 0.15) is 5.76 Å². The van der Waals surface area contributed by atoms with E-state index < -0.39 is 16.1 Å². The number of hydrogen-bond acceptors (Lipinski definition) is 7. The topological polar surface area (TPSA) is 93.1 Å². The van der Waals surface area contributed by atoms with Crippen molar-refractivity contribution in [2.24, 2.45) is 0 Å². The van der Waals surface area contributed by atoms with Gasteiger partial charge in [-0.2, -0.15) is 4.31 Å².